The molecule has 1 heteroatoms. The zero-order chi connectivity index (χ0) is 8.04. The van der Waals surface area contributed by atoms with Crippen molar-refractivity contribution < 1.29 is 0 Å². The Morgan fingerprint density at radius 1 is 1.10 bits per heavy atom. The van der Waals surface area contributed by atoms with E-state index in [4.69, 9.17) is 0 Å². The summed E-state index contributed by atoms with van der Waals surface area (Å²) in [5, 5.41) is 0. The van der Waals surface area contributed by atoms with Crippen LogP contribution in [0.2, 0.25) is 25.3 Å². The zero-order valence-electron chi connectivity index (χ0n) is 7.69. The van der Waals surface area contributed by atoms with Gasteiger partial charge in [0.2, 0.25) is 0 Å². The Kier molecular flexibility index (Phi) is 4.50. The SMILES string of the molecule is C=CC[B-](CC)(CC)CC. The third-order valence-electron chi connectivity index (χ3n) is 3.26. The first-order valence-electron chi connectivity index (χ1n) is 4.57. The number of hydrogen-bond donors (Lipinski definition) is 0. The van der Waals surface area contributed by atoms with Gasteiger partial charge in [0.15, 0.2) is 0 Å². The highest BCUT2D eigenvalue weighted by Crippen LogP contribution is 2.24. The lowest BCUT2D eigenvalue weighted by molar-refractivity contribution is 1.14. The number of hydrogen-bond acceptors (Lipinski definition) is 0. The molecule has 0 aromatic carbocycles. The summed E-state index contributed by atoms with van der Waals surface area (Å²) in [4.78, 5) is 0. The molecule has 0 aliphatic heterocycles. The first kappa shape index (κ1) is 9.80. The Morgan fingerprint density at radius 3 is 1.60 bits per heavy atom. The molecular formula is C9H20B-. The molecule has 0 unspecified atom stereocenters. The molecule has 0 radical (unpaired) electrons. The van der Waals surface area contributed by atoms with Crippen LogP contribution in [0.5, 0.6) is 0 Å². The van der Waals surface area contributed by atoms with Crippen molar-refractivity contribution in [2.24, 2.45) is 0 Å². The van der Waals surface area contributed by atoms with Crippen LogP contribution in [0, 0.1) is 0 Å². The van der Waals surface area contributed by atoms with E-state index in [9.17, 15) is 0 Å². The van der Waals surface area contributed by atoms with E-state index in [1.165, 1.54) is 25.3 Å². The molecule has 0 heterocycles. The summed E-state index contributed by atoms with van der Waals surface area (Å²) < 4.78 is 0. The summed E-state index contributed by atoms with van der Waals surface area (Å²) in [6.45, 7) is 10.7. The molecule has 0 aliphatic rings. The van der Waals surface area contributed by atoms with Gasteiger partial charge in [0.25, 0.3) is 0 Å². The van der Waals surface area contributed by atoms with Crippen LogP contribution in [0.25, 0.3) is 0 Å². The minimum Gasteiger partial charge on any atom is -0.181 e. The fourth-order valence-corrected chi connectivity index (χ4v) is 1.72. The Balaban J connectivity index is 4.00. The maximum Gasteiger partial charge on any atom is 0.00361 e. The quantitative estimate of drug-likeness (QED) is 0.402. The van der Waals surface area contributed by atoms with Crippen LogP contribution in [0.1, 0.15) is 20.8 Å². The third kappa shape index (κ3) is 2.20. The molecule has 0 saturated heterocycles. The Bertz CT molecular complexity index is 84.6. The van der Waals surface area contributed by atoms with Crippen LogP contribution >= 0.6 is 0 Å². The maximum atomic E-state index is 3.80. The highest BCUT2D eigenvalue weighted by Gasteiger charge is 2.15. The third-order valence-corrected chi connectivity index (χ3v) is 3.26. The fourth-order valence-electron chi connectivity index (χ4n) is 1.72. The van der Waals surface area contributed by atoms with Crippen LogP contribution < -0.4 is 0 Å². The van der Waals surface area contributed by atoms with E-state index < -0.39 is 0 Å². The molecule has 0 nitrogen and oxygen atoms in total. The smallest absolute Gasteiger partial charge is 0.00361 e. The van der Waals surface area contributed by atoms with E-state index in [0.29, 0.717) is 0 Å². The summed E-state index contributed by atoms with van der Waals surface area (Å²) in [5.74, 6) is 0. The average molecular weight is 139 g/mol. The molecule has 0 spiro atoms. The molecule has 0 amide bonds. The van der Waals surface area contributed by atoms with Gasteiger partial charge >= 0.3 is 0 Å². The molecule has 0 aliphatic carbocycles. The van der Waals surface area contributed by atoms with Gasteiger partial charge in [0.05, 0.1) is 0 Å². The lowest BCUT2D eigenvalue weighted by atomic mass is 9.19. The molecule has 0 atom stereocenters. The second kappa shape index (κ2) is 4.59. The van der Waals surface area contributed by atoms with E-state index in [0.717, 1.165) is 0 Å². The van der Waals surface area contributed by atoms with Crippen LogP contribution in [-0.2, 0) is 0 Å². The van der Waals surface area contributed by atoms with Crippen molar-refractivity contribution in [1.82, 2.24) is 0 Å². The summed E-state index contributed by atoms with van der Waals surface area (Å²) in [7, 11) is 0. The monoisotopic (exact) mass is 139 g/mol. The molecule has 0 aromatic rings. The predicted molar refractivity (Wildman–Crippen MR) is 52.2 cm³/mol. The van der Waals surface area contributed by atoms with Gasteiger partial charge in [-0.1, -0.05) is 20.8 Å². The van der Waals surface area contributed by atoms with Gasteiger partial charge in [-0.15, -0.1) is 12.7 Å². The maximum absolute atomic E-state index is 3.80. The van der Waals surface area contributed by atoms with Crippen molar-refractivity contribution in [2.75, 3.05) is 0 Å². The standard InChI is InChI=1S/C9H20B/c1-5-9-10(6-2,7-3)8-4/h5H,1,6-9H2,2-4H3/q-1. The van der Waals surface area contributed by atoms with E-state index >= 15 is 0 Å². The highest BCUT2D eigenvalue weighted by atomic mass is 13.9. The Hall–Kier alpha value is -0.195. The molecule has 60 valence electrons. The molecular weight excluding hydrogens is 119 g/mol. The Morgan fingerprint density at radius 2 is 1.50 bits per heavy atom. The molecule has 0 fully saturated rings. The van der Waals surface area contributed by atoms with Gasteiger partial charge in [-0.2, -0.15) is 25.3 Å². The first-order valence-corrected chi connectivity index (χ1v) is 4.57. The second-order valence-electron chi connectivity index (χ2n) is 3.48. The summed E-state index contributed by atoms with van der Waals surface area (Å²) in [5.41, 5.74) is 0. The highest BCUT2D eigenvalue weighted by molar-refractivity contribution is 6.80. The largest absolute Gasteiger partial charge is 0.181 e. The average Bonchev–Trinajstić information content (AvgIpc) is 2.01. The minimum atomic E-state index is -0.0694. The van der Waals surface area contributed by atoms with Gasteiger partial charge < -0.3 is 0 Å². The summed E-state index contributed by atoms with van der Waals surface area (Å²) >= 11 is 0. The van der Waals surface area contributed by atoms with Crippen molar-refractivity contribution >= 4 is 6.15 Å². The van der Waals surface area contributed by atoms with E-state index in [-0.39, 0.29) is 6.15 Å². The molecule has 0 rings (SSSR count). The number of allylic oxidation sites excluding steroid dienone is 1. The topological polar surface area (TPSA) is 0 Å². The number of rotatable bonds is 5. The van der Waals surface area contributed by atoms with Crippen LogP contribution in [0.15, 0.2) is 12.7 Å². The zero-order valence-corrected chi connectivity index (χ0v) is 7.69. The molecule has 10 heavy (non-hydrogen) atoms. The van der Waals surface area contributed by atoms with Crippen LogP contribution in [-0.4, -0.2) is 6.15 Å². The molecule has 0 saturated carbocycles. The van der Waals surface area contributed by atoms with Gasteiger partial charge in [0.1, 0.15) is 0 Å². The lowest BCUT2D eigenvalue weighted by Crippen LogP contribution is -2.29. The van der Waals surface area contributed by atoms with Crippen LogP contribution in [0.4, 0.5) is 0 Å². The predicted octanol–water partition coefficient (Wildman–Crippen LogP) is 3.68. The van der Waals surface area contributed by atoms with Crippen molar-refractivity contribution in [3.63, 3.8) is 0 Å². The summed E-state index contributed by atoms with van der Waals surface area (Å²) in [6.07, 6.45) is 7.29. The lowest BCUT2D eigenvalue weighted by Gasteiger charge is -2.34. The minimum absolute atomic E-state index is 0.0694. The molecule has 0 N–H and O–H groups in total. The van der Waals surface area contributed by atoms with Crippen molar-refractivity contribution in [1.29, 1.82) is 0 Å². The fraction of sp³-hybridized carbons (Fsp3) is 0.778. The van der Waals surface area contributed by atoms with E-state index in [2.05, 4.69) is 33.4 Å². The molecule has 0 bridgehead atoms. The Labute approximate surface area is 65.6 Å². The van der Waals surface area contributed by atoms with Gasteiger partial charge in [-0.3, -0.25) is 0 Å². The van der Waals surface area contributed by atoms with Crippen molar-refractivity contribution in [3.8, 4) is 0 Å². The molecule has 0 aromatic heterocycles. The second-order valence-corrected chi connectivity index (χ2v) is 3.48. The summed E-state index contributed by atoms with van der Waals surface area (Å²) in [6, 6.07) is 0. The van der Waals surface area contributed by atoms with Crippen molar-refractivity contribution in [3.05, 3.63) is 12.7 Å². The van der Waals surface area contributed by atoms with Crippen molar-refractivity contribution in [2.45, 2.75) is 46.1 Å². The van der Waals surface area contributed by atoms with Gasteiger partial charge in [-0.05, 0) is 0 Å². The van der Waals surface area contributed by atoms with E-state index in [1.54, 1.807) is 0 Å². The van der Waals surface area contributed by atoms with Crippen LogP contribution in [0.3, 0.4) is 0 Å². The van der Waals surface area contributed by atoms with Gasteiger partial charge in [-0.25, -0.2) is 0 Å². The first-order chi connectivity index (χ1) is 4.74. The normalized spacial score (nSPS) is 11.5. The van der Waals surface area contributed by atoms with E-state index in [1.807, 2.05) is 0 Å². The van der Waals surface area contributed by atoms with Gasteiger partial charge in [0, 0.05) is 6.15 Å².